The zero-order chi connectivity index (χ0) is 61.1. The van der Waals surface area contributed by atoms with Crippen LogP contribution in [0.1, 0.15) is 126 Å². The predicted molar refractivity (Wildman–Crippen MR) is 314 cm³/mol. The molecule has 5 heterocycles. The summed E-state index contributed by atoms with van der Waals surface area (Å²) in [5, 5.41) is 11.6. The van der Waals surface area contributed by atoms with Crippen molar-refractivity contribution in [3.8, 4) is 0 Å². The van der Waals surface area contributed by atoms with Gasteiger partial charge < -0.3 is 62.3 Å². The van der Waals surface area contributed by atoms with Crippen LogP contribution in [0.15, 0.2) is 47.6 Å². The molecule has 6 rings (SSSR count). The highest BCUT2D eigenvalue weighted by Gasteiger charge is 2.55. The van der Waals surface area contributed by atoms with E-state index in [-0.39, 0.29) is 54.8 Å². The SMILES string of the molecule is CO[C@@H]1C[C@H](C[C@@H](C)[C@@H]2CC(=O)[C@H](C)/C=C(\C)[C@@H](O)[C@@H](OC)C(=O)[C@H](C)C[C@H](C)/C=C/C=C/C=C(\C)[C@H](OCCOC3COC3)C[C@@H]3CC[C@@H](C)[C@@](OC)(O3)C(=O)C(=O)N3CCCC[C@H]3C(=O)O2)CC[C@H]1OC(=O)N(C)CCN1CCOCC1. The van der Waals surface area contributed by atoms with Crippen LogP contribution in [0.4, 0.5) is 4.79 Å². The number of methoxy groups -OCH3 is 3. The molecule has 1 N–H and O–H groups in total. The second-order valence-corrected chi connectivity index (χ2v) is 24.7. The van der Waals surface area contributed by atoms with E-state index in [2.05, 4.69) is 4.90 Å². The summed E-state index contributed by atoms with van der Waals surface area (Å²) in [5.41, 5.74) is 1.27. The summed E-state index contributed by atoms with van der Waals surface area (Å²) in [6.45, 7) is 19.0. The number of carbonyl (C=O) groups is 6. The van der Waals surface area contributed by atoms with Gasteiger partial charge in [0.1, 0.15) is 42.3 Å². The summed E-state index contributed by atoms with van der Waals surface area (Å²) in [6.07, 6.45) is 10.9. The Bertz CT molecular complexity index is 2280. The number of nitrogens with zero attached hydrogens (tertiary/aromatic N) is 3. The first-order valence-electron chi connectivity index (χ1n) is 31.0. The van der Waals surface area contributed by atoms with Gasteiger partial charge in [-0.3, -0.25) is 24.1 Å². The minimum Gasteiger partial charge on any atom is -0.460 e. The summed E-state index contributed by atoms with van der Waals surface area (Å²) < 4.78 is 60.0. The van der Waals surface area contributed by atoms with Crippen molar-refractivity contribution in [1.82, 2.24) is 14.7 Å². The van der Waals surface area contributed by atoms with Crippen molar-refractivity contribution < 1.29 is 81.2 Å². The number of Topliss-reactive ketones (excluding diaryl/α,β-unsaturated/α-hetero) is 3. The zero-order valence-electron chi connectivity index (χ0n) is 52.2. The molecule has 5 aliphatic heterocycles. The second-order valence-electron chi connectivity index (χ2n) is 24.7. The number of carbonyl (C=O) groups excluding carboxylic acids is 6. The number of ether oxygens (including phenoxy) is 10. The number of aliphatic hydroxyl groups is 1. The molecule has 84 heavy (non-hydrogen) atoms. The monoisotopic (exact) mass is 1180 g/mol. The highest BCUT2D eigenvalue weighted by Crippen LogP contribution is 2.40. The van der Waals surface area contributed by atoms with Gasteiger partial charge >= 0.3 is 12.1 Å². The molecule has 20 nitrogen and oxygen atoms in total. The van der Waals surface area contributed by atoms with Crippen LogP contribution >= 0.6 is 0 Å². The molecule has 0 aromatic heterocycles. The first kappa shape index (κ1) is 68.9. The number of hydrogen-bond donors (Lipinski definition) is 1. The number of esters is 1. The molecule has 0 unspecified atom stereocenters. The zero-order valence-corrected chi connectivity index (χ0v) is 52.2. The minimum absolute atomic E-state index is 0.00751. The number of piperidine rings is 1. The van der Waals surface area contributed by atoms with Crippen LogP contribution in [0.2, 0.25) is 0 Å². The third-order valence-corrected chi connectivity index (χ3v) is 18.2. The molecular formula is C64H101N3O17. The number of cyclic esters (lactones) is 1. The first-order chi connectivity index (χ1) is 40.2. The van der Waals surface area contributed by atoms with Crippen LogP contribution in [0, 0.1) is 35.5 Å². The van der Waals surface area contributed by atoms with Gasteiger partial charge in [0.05, 0.1) is 58.0 Å². The Kier molecular flexibility index (Phi) is 27.7. The first-order valence-corrected chi connectivity index (χ1v) is 31.0. The maximum absolute atomic E-state index is 14.9. The van der Waals surface area contributed by atoms with Crippen LogP contribution in [-0.2, 0) is 71.3 Å². The van der Waals surface area contributed by atoms with Crippen molar-refractivity contribution in [2.24, 2.45) is 35.5 Å². The Morgan fingerprint density at radius 2 is 1.57 bits per heavy atom. The number of hydrogen-bond acceptors (Lipinski definition) is 18. The Morgan fingerprint density at radius 3 is 2.26 bits per heavy atom. The molecule has 2 amide bonds. The molecular weight excluding hydrogens is 1080 g/mol. The summed E-state index contributed by atoms with van der Waals surface area (Å²) in [5.74, 6) is -7.16. The van der Waals surface area contributed by atoms with E-state index < -0.39 is 96.1 Å². The van der Waals surface area contributed by atoms with E-state index >= 15 is 0 Å². The summed E-state index contributed by atoms with van der Waals surface area (Å²) in [7, 11) is 6.09. The van der Waals surface area contributed by atoms with Gasteiger partial charge in [-0.1, -0.05) is 71.1 Å². The molecule has 1 aliphatic carbocycles. The maximum Gasteiger partial charge on any atom is 0.409 e. The largest absolute Gasteiger partial charge is 0.460 e. The molecule has 474 valence electrons. The standard InChI is InChI=1S/C64H101N3O17/c1-41-17-13-12-14-18-42(2)54(81-32-31-80-50-39-79-40-50)37-49-22-20-47(7)64(77-11,84-49)60(71)61(72)67-24-16-15-19-51(67)62(73)82-55(38-52(68)43(3)34-46(6)58(70)59(76-10)57(69)45(5)33-41)44(4)35-48-21-23-53(56(36-48)75-9)83-63(74)65(8)25-26-66-27-29-78-30-28-66/h12-14,17-18,34,41,43-45,47-51,53-56,58-59,70H,15-16,19-33,35-40H2,1-11H3/b14-12+,17-13+,42-18+,46-34+/t41-,43-,44-,45-,47-,48+,49+,51+,53-,54-,55+,56-,58-,59+,64-/m1/s1. The molecule has 6 aliphatic rings. The van der Waals surface area contributed by atoms with Crippen LogP contribution in [0.3, 0.4) is 0 Å². The molecule has 0 spiro atoms. The molecule has 0 aromatic rings. The van der Waals surface area contributed by atoms with Crippen LogP contribution in [0.25, 0.3) is 0 Å². The third kappa shape index (κ3) is 19.1. The molecule has 0 radical (unpaired) electrons. The van der Waals surface area contributed by atoms with E-state index in [4.69, 9.17) is 47.4 Å². The van der Waals surface area contributed by atoms with E-state index in [0.29, 0.717) is 123 Å². The Hall–Kier alpha value is -4.22. The average molecular weight is 1180 g/mol. The number of allylic oxidation sites excluding steroid dienone is 6. The van der Waals surface area contributed by atoms with Crippen molar-refractivity contribution in [3.63, 3.8) is 0 Å². The lowest BCUT2D eigenvalue weighted by molar-refractivity contribution is -0.277. The molecule has 5 fully saturated rings. The highest BCUT2D eigenvalue weighted by atomic mass is 16.7. The minimum atomic E-state index is -1.95. The van der Waals surface area contributed by atoms with Crippen molar-refractivity contribution in [1.29, 1.82) is 0 Å². The average Bonchev–Trinajstić information content (AvgIpc) is 1.32. The second kappa shape index (κ2) is 33.8. The van der Waals surface area contributed by atoms with Crippen molar-refractivity contribution in [2.45, 2.75) is 186 Å². The lowest BCUT2D eigenvalue weighted by Gasteiger charge is -2.45. The predicted octanol–water partition coefficient (Wildman–Crippen LogP) is 7.03. The normalized spacial score (nSPS) is 36.2. The van der Waals surface area contributed by atoms with E-state index in [1.54, 1.807) is 39.0 Å². The van der Waals surface area contributed by atoms with Crippen molar-refractivity contribution >= 4 is 35.3 Å². The number of morpholine rings is 1. The molecule has 20 heteroatoms. The van der Waals surface area contributed by atoms with Gasteiger partial charge in [0.15, 0.2) is 5.78 Å². The van der Waals surface area contributed by atoms with E-state index in [0.717, 1.165) is 18.7 Å². The summed E-state index contributed by atoms with van der Waals surface area (Å²) >= 11 is 0. The molecule has 1 saturated carbocycles. The van der Waals surface area contributed by atoms with Crippen LogP contribution < -0.4 is 0 Å². The smallest absolute Gasteiger partial charge is 0.409 e. The van der Waals surface area contributed by atoms with Gasteiger partial charge in [0, 0.05) is 91.7 Å². The summed E-state index contributed by atoms with van der Waals surface area (Å²) in [4.78, 5) is 91.5. The molecule has 15 atom stereocenters. The van der Waals surface area contributed by atoms with Crippen LogP contribution in [-0.4, -0.2) is 217 Å². The third-order valence-electron chi connectivity index (χ3n) is 18.2. The van der Waals surface area contributed by atoms with E-state index in [1.165, 1.54) is 19.1 Å². The topological polar surface area (TPSA) is 225 Å². The number of amides is 2. The van der Waals surface area contributed by atoms with E-state index in [9.17, 15) is 33.9 Å². The van der Waals surface area contributed by atoms with Gasteiger partial charge in [-0.25, -0.2) is 9.59 Å². The van der Waals surface area contributed by atoms with Crippen molar-refractivity contribution in [3.05, 3.63) is 47.6 Å². The quantitative estimate of drug-likeness (QED) is 0.0752. The van der Waals surface area contributed by atoms with Gasteiger partial charge in [-0.2, -0.15) is 0 Å². The van der Waals surface area contributed by atoms with Gasteiger partial charge in [0.25, 0.3) is 11.7 Å². The van der Waals surface area contributed by atoms with Gasteiger partial charge in [0.2, 0.25) is 5.79 Å². The number of ketones is 3. The molecule has 4 saturated heterocycles. The highest BCUT2D eigenvalue weighted by molar-refractivity contribution is 6.39. The number of aliphatic hydroxyl groups excluding tert-OH is 1. The van der Waals surface area contributed by atoms with Gasteiger partial charge in [-0.15, -0.1) is 0 Å². The fourth-order valence-electron chi connectivity index (χ4n) is 12.6. The molecule has 2 bridgehead atoms. The fraction of sp³-hybridized carbons (Fsp3) is 0.781. The fourth-order valence-corrected chi connectivity index (χ4v) is 12.6. The lowest BCUT2D eigenvalue weighted by atomic mass is 9.78. The van der Waals surface area contributed by atoms with Gasteiger partial charge in [-0.05, 0) is 107 Å². The number of fused-ring (bicyclic) bond motifs is 3. The maximum atomic E-state index is 14.9. The Morgan fingerprint density at radius 1 is 0.833 bits per heavy atom. The Labute approximate surface area is 499 Å². The Balaban J connectivity index is 1.26. The van der Waals surface area contributed by atoms with Crippen LogP contribution in [0.5, 0.6) is 0 Å². The summed E-state index contributed by atoms with van der Waals surface area (Å²) in [6, 6.07) is -1.14. The lowest BCUT2D eigenvalue weighted by Crippen LogP contribution is -2.61. The molecule has 0 aromatic carbocycles. The number of rotatable bonds is 15. The van der Waals surface area contributed by atoms with E-state index in [1.807, 2.05) is 65.0 Å². The van der Waals surface area contributed by atoms with Crippen molar-refractivity contribution in [2.75, 3.05) is 101 Å². The number of likely N-dealkylation sites (N-methyl/N-ethyl adjacent to an activating group) is 1.